The lowest BCUT2D eigenvalue weighted by Gasteiger charge is -2.23. The number of fused-ring (bicyclic) bond motifs is 1. The smallest absolute Gasteiger partial charge is 0.271 e. The number of hydrogen-bond donors (Lipinski definition) is 1. The number of halogens is 2. The van der Waals surface area contributed by atoms with Gasteiger partial charge in [-0.05, 0) is 62.7 Å². The number of pyridine rings is 1. The van der Waals surface area contributed by atoms with Crippen molar-refractivity contribution < 1.29 is 13.9 Å². The number of aromatic nitrogens is 5. The number of amides is 1. The van der Waals surface area contributed by atoms with Gasteiger partial charge >= 0.3 is 0 Å². The molecule has 3 aromatic heterocycles. The Morgan fingerprint density at radius 3 is 2.46 bits per heavy atom. The highest BCUT2D eigenvalue weighted by molar-refractivity contribution is 6.32. The molecule has 1 amide bonds. The molecule has 0 aliphatic carbocycles. The van der Waals surface area contributed by atoms with Crippen molar-refractivity contribution in [3.8, 4) is 28.1 Å². The van der Waals surface area contributed by atoms with Crippen LogP contribution in [-0.4, -0.2) is 56.2 Å². The number of rotatable bonds is 7. The lowest BCUT2D eigenvalue weighted by molar-refractivity contribution is 0.0822. The average molecular weight is 574 g/mol. The summed E-state index contributed by atoms with van der Waals surface area (Å²) in [7, 11) is 3.36. The van der Waals surface area contributed by atoms with Gasteiger partial charge in [0.2, 0.25) is 0 Å². The predicted molar refractivity (Wildman–Crippen MR) is 158 cm³/mol. The Morgan fingerprint density at radius 2 is 1.83 bits per heavy atom. The van der Waals surface area contributed by atoms with E-state index >= 15 is 0 Å². The summed E-state index contributed by atoms with van der Waals surface area (Å²) in [4.78, 5) is 27.0. The van der Waals surface area contributed by atoms with Crippen molar-refractivity contribution >= 4 is 34.4 Å². The standard InChI is InChI=1S/C30H29ClFN7O2/c1-6-41-27-21(13-22(31)16(2)24(27)19-9-12-23(34-14-19)30(40)38(4)5)17(3)39-29-25(28(33)35-15-36-29)26(37-39)18-7-10-20(32)11-8-18/h7-15,17H,6H2,1-5H3,(H2,33,35,36). The van der Waals surface area contributed by atoms with Gasteiger partial charge in [-0.15, -0.1) is 0 Å². The van der Waals surface area contributed by atoms with Crippen molar-refractivity contribution in [3.63, 3.8) is 0 Å². The quantitative estimate of drug-likeness (QED) is 0.256. The Morgan fingerprint density at radius 1 is 1.12 bits per heavy atom. The van der Waals surface area contributed by atoms with E-state index in [1.165, 1.54) is 23.4 Å². The van der Waals surface area contributed by atoms with E-state index < -0.39 is 6.04 Å². The third-order valence-corrected chi connectivity index (χ3v) is 7.32. The van der Waals surface area contributed by atoms with Gasteiger partial charge in [0.1, 0.15) is 35.1 Å². The molecule has 1 unspecified atom stereocenters. The maximum atomic E-state index is 13.7. The van der Waals surface area contributed by atoms with Gasteiger partial charge in [0.25, 0.3) is 5.91 Å². The zero-order valence-electron chi connectivity index (χ0n) is 23.3. The summed E-state index contributed by atoms with van der Waals surface area (Å²) >= 11 is 6.81. The molecule has 0 radical (unpaired) electrons. The maximum Gasteiger partial charge on any atom is 0.271 e. The normalized spacial score (nSPS) is 12.0. The minimum absolute atomic E-state index is 0.192. The molecule has 5 rings (SSSR count). The van der Waals surface area contributed by atoms with Crippen LogP contribution in [0.4, 0.5) is 10.2 Å². The number of carbonyl (C=O) groups excluding carboxylic acids is 1. The Bertz CT molecular complexity index is 1750. The summed E-state index contributed by atoms with van der Waals surface area (Å²) < 4.78 is 21.7. The SMILES string of the molecule is CCOc1c(C(C)n2nc(-c3ccc(F)cc3)c3c(N)ncnc32)cc(Cl)c(C)c1-c1ccc(C(=O)N(C)C)nc1. The molecule has 0 aliphatic rings. The van der Waals surface area contributed by atoms with Gasteiger partial charge in [0.15, 0.2) is 5.65 Å². The largest absolute Gasteiger partial charge is 0.493 e. The molecular weight excluding hydrogens is 545 g/mol. The molecule has 0 saturated heterocycles. The van der Waals surface area contributed by atoms with Gasteiger partial charge in [-0.2, -0.15) is 5.10 Å². The van der Waals surface area contributed by atoms with Crippen LogP contribution in [0.5, 0.6) is 5.75 Å². The summed E-state index contributed by atoms with van der Waals surface area (Å²) in [5, 5.41) is 5.98. The number of anilines is 1. The van der Waals surface area contributed by atoms with E-state index in [1.54, 1.807) is 43.2 Å². The molecule has 0 saturated carbocycles. The maximum absolute atomic E-state index is 13.7. The molecule has 9 nitrogen and oxygen atoms in total. The van der Waals surface area contributed by atoms with Crippen LogP contribution in [-0.2, 0) is 0 Å². The summed E-state index contributed by atoms with van der Waals surface area (Å²) in [5.74, 6) is 0.331. The molecule has 2 aromatic carbocycles. The molecule has 1 atom stereocenters. The fourth-order valence-corrected chi connectivity index (χ4v) is 5.02. The summed E-state index contributed by atoms with van der Waals surface area (Å²) in [6, 6.07) is 11.0. The fraction of sp³-hybridized carbons (Fsp3) is 0.233. The summed E-state index contributed by atoms with van der Waals surface area (Å²) in [6.07, 6.45) is 3.03. The molecule has 3 heterocycles. The van der Waals surface area contributed by atoms with Crippen LogP contribution in [0.1, 0.15) is 41.5 Å². The molecule has 0 fully saturated rings. The average Bonchev–Trinajstić information content (AvgIpc) is 3.36. The predicted octanol–water partition coefficient (Wildman–Crippen LogP) is 5.95. The van der Waals surface area contributed by atoms with Crippen molar-refractivity contribution in [1.82, 2.24) is 29.6 Å². The van der Waals surface area contributed by atoms with E-state index in [0.29, 0.717) is 45.4 Å². The lowest BCUT2D eigenvalue weighted by atomic mass is 9.94. The van der Waals surface area contributed by atoms with Crippen LogP contribution in [0.25, 0.3) is 33.4 Å². The third kappa shape index (κ3) is 5.06. The first-order valence-corrected chi connectivity index (χ1v) is 13.4. The number of hydrogen-bond acceptors (Lipinski definition) is 7. The molecule has 41 heavy (non-hydrogen) atoms. The van der Waals surface area contributed by atoms with E-state index in [2.05, 4.69) is 15.0 Å². The van der Waals surface area contributed by atoms with Crippen molar-refractivity contribution in [2.24, 2.45) is 0 Å². The molecule has 11 heteroatoms. The van der Waals surface area contributed by atoms with Crippen LogP contribution < -0.4 is 10.5 Å². The second-order valence-corrected chi connectivity index (χ2v) is 10.2. The molecule has 0 bridgehead atoms. The highest BCUT2D eigenvalue weighted by Gasteiger charge is 2.26. The second-order valence-electron chi connectivity index (χ2n) is 9.78. The molecular formula is C30H29ClFN7O2. The van der Waals surface area contributed by atoms with Crippen LogP contribution >= 0.6 is 11.6 Å². The Hall–Kier alpha value is -4.57. The van der Waals surface area contributed by atoms with Gasteiger partial charge < -0.3 is 15.4 Å². The van der Waals surface area contributed by atoms with E-state index in [9.17, 15) is 9.18 Å². The van der Waals surface area contributed by atoms with Gasteiger partial charge in [-0.3, -0.25) is 9.78 Å². The number of nitrogen functional groups attached to an aromatic ring is 1. The fourth-order valence-electron chi connectivity index (χ4n) is 4.81. The van der Waals surface area contributed by atoms with Crippen LogP contribution in [0.3, 0.4) is 0 Å². The van der Waals surface area contributed by atoms with Crippen molar-refractivity contribution in [2.75, 3.05) is 26.4 Å². The first kappa shape index (κ1) is 28.0. The van der Waals surface area contributed by atoms with Gasteiger partial charge in [0.05, 0.1) is 18.0 Å². The van der Waals surface area contributed by atoms with E-state index in [-0.39, 0.29) is 17.5 Å². The number of nitrogens with zero attached hydrogens (tertiary/aromatic N) is 6. The zero-order valence-corrected chi connectivity index (χ0v) is 24.1. The van der Waals surface area contributed by atoms with Gasteiger partial charge in [0, 0.05) is 47.6 Å². The molecule has 5 aromatic rings. The zero-order chi connectivity index (χ0) is 29.4. The van der Waals surface area contributed by atoms with Gasteiger partial charge in [-0.1, -0.05) is 17.7 Å². The molecule has 2 N–H and O–H groups in total. The minimum Gasteiger partial charge on any atom is -0.493 e. The topological polar surface area (TPSA) is 112 Å². The van der Waals surface area contributed by atoms with Crippen molar-refractivity contribution in [2.45, 2.75) is 26.8 Å². The first-order valence-electron chi connectivity index (χ1n) is 13.0. The molecule has 210 valence electrons. The number of nitrogens with two attached hydrogens (primary N) is 1. The first-order chi connectivity index (χ1) is 19.6. The van der Waals surface area contributed by atoms with E-state index in [4.69, 9.17) is 27.2 Å². The van der Waals surface area contributed by atoms with Crippen LogP contribution in [0.15, 0.2) is 55.0 Å². The Labute approximate surface area is 241 Å². The molecule has 0 spiro atoms. The van der Waals surface area contributed by atoms with Crippen LogP contribution in [0, 0.1) is 12.7 Å². The van der Waals surface area contributed by atoms with Crippen LogP contribution in [0.2, 0.25) is 5.02 Å². The van der Waals surface area contributed by atoms with Gasteiger partial charge in [-0.25, -0.2) is 19.0 Å². The number of benzene rings is 2. The highest BCUT2D eigenvalue weighted by atomic mass is 35.5. The van der Waals surface area contributed by atoms with E-state index in [1.807, 2.05) is 32.9 Å². The van der Waals surface area contributed by atoms with Crippen molar-refractivity contribution in [3.05, 3.63) is 82.6 Å². The Balaban J connectivity index is 1.70. The van der Waals surface area contributed by atoms with E-state index in [0.717, 1.165) is 22.3 Å². The van der Waals surface area contributed by atoms with Crippen molar-refractivity contribution in [1.29, 1.82) is 0 Å². The minimum atomic E-state index is -0.415. The summed E-state index contributed by atoms with van der Waals surface area (Å²) in [6.45, 7) is 6.18. The number of carbonyl (C=O) groups is 1. The monoisotopic (exact) mass is 573 g/mol. The lowest BCUT2D eigenvalue weighted by Crippen LogP contribution is -2.22. The highest BCUT2D eigenvalue weighted by Crippen LogP contribution is 2.44. The summed E-state index contributed by atoms with van der Waals surface area (Å²) in [5.41, 5.74) is 11.4. The number of ether oxygens (including phenoxy) is 1. The molecule has 0 aliphatic heterocycles. The second kappa shape index (κ2) is 11.1. The Kier molecular flexibility index (Phi) is 7.59. The third-order valence-electron chi connectivity index (χ3n) is 6.92.